The van der Waals surface area contributed by atoms with Crippen molar-refractivity contribution in [2.75, 3.05) is 33.3 Å². The van der Waals surface area contributed by atoms with Gasteiger partial charge in [0.25, 0.3) is 0 Å². The molecule has 1 saturated heterocycles. The minimum atomic E-state index is 0.363. The first-order valence-electron chi connectivity index (χ1n) is 7.50. The Bertz CT molecular complexity index is 419. The molecular formula is C16H25BrN2O. The van der Waals surface area contributed by atoms with Crippen LogP contribution in [0.15, 0.2) is 22.7 Å². The molecular weight excluding hydrogens is 316 g/mol. The number of benzene rings is 1. The Hall–Kier alpha value is -0.580. The van der Waals surface area contributed by atoms with Crippen molar-refractivity contribution in [3.63, 3.8) is 0 Å². The van der Waals surface area contributed by atoms with Crippen LogP contribution in [-0.4, -0.2) is 38.2 Å². The molecule has 4 heteroatoms. The largest absolute Gasteiger partial charge is 0.496 e. The van der Waals surface area contributed by atoms with Gasteiger partial charge in [-0.15, -0.1) is 0 Å². The van der Waals surface area contributed by atoms with Gasteiger partial charge in [0.05, 0.1) is 11.6 Å². The molecule has 2 rings (SSSR count). The van der Waals surface area contributed by atoms with Crippen molar-refractivity contribution in [3.05, 3.63) is 28.2 Å². The van der Waals surface area contributed by atoms with E-state index >= 15 is 0 Å². The highest BCUT2D eigenvalue weighted by Gasteiger charge is 2.11. The summed E-state index contributed by atoms with van der Waals surface area (Å²) in [5.74, 6) is 0.884. The zero-order valence-electron chi connectivity index (χ0n) is 12.5. The van der Waals surface area contributed by atoms with E-state index in [1.54, 1.807) is 7.11 Å². The van der Waals surface area contributed by atoms with E-state index in [0.717, 1.165) is 23.3 Å². The molecule has 0 amide bonds. The van der Waals surface area contributed by atoms with Gasteiger partial charge in [-0.05, 0) is 66.5 Å². The molecule has 0 aliphatic carbocycles. The van der Waals surface area contributed by atoms with E-state index in [1.807, 2.05) is 6.07 Å². The zero-order valence-corrected chi connectivity index (χ0v) is 14.1. The number of halogens is 1. The minimum Gasteiger partial charge on any atom is -0.496 e. The summed E-state index contributed by atoms with van der Waals surface area (Å²) in [7, 11) is 1.69. The maximum absolute atomic E-state index is 5.27. The summed E-state index contributed by atoms with van der Waals surface area (Å²) in [6.07, 6.45) is 4.13. The standard InChI is InChI=1S/C16H25BrN2O/c1-13(14-6-7-16(20-2)15(17)12-14)18-8-11-19-9-4-3-5-10-19/h6-7,12-13,18H,3-5,8-11H2,1-2H3. The third-order valence-electron chi connectivity index (χ3n) is 4.00. The molecule has 1 aromatic rings. The predicted molar refractivity (Wildman–Crippen MR) is 87.4 cm³/mol. The number of nitrogens with one attached hydrogen (secondary N) is 1. The average Bonchev–Trinajstić information content (AvgIpc) is 2.48. The van der Waals surface area contributed by atoms with E-state index in [0.29, 0.717) is 6.04 Å². The van der Waals surface area contributed by atoms with Crippen LogP contribution in [0.4, 0.5) is 0 Å². The summed E-state index contributed by atoms with van der Waals surface area (Å²) in [5, 5.41) is 3.61. The fourth-order valence-corrected chi connectivity index (χ4v) is 3.25. The SMILES string of the molecule is COc1ccc(C(C)NCCN2CCCCC2)cc1Br. The predicted octanol–water partition coefficient (Wildman–Crippen LogP) is 3.59. The molecule has 3 nitrogen and oxygen atoms in total. The summed E-state index contributed by atoms with van der Waals surface area (Å²) >= 11 is 3.55. The topological polar surface area (TPSA) is 24.5 Å². The minimum absolute atomic E-state index is 0.363. The molecule has 1 heterocycles. The highest BCUT2D eigenvalue weighted by Crippen LogP contribution is 2.27. The second-order valence-corrected chi connectivity index (χ2v) is 6.33. The lowest BCUT2D eigenvalue weighted by Crippen LogP contribution is -2.36. The van der Waals surface area contributed by atoms with Crippen LogP contribution in [0, 0.1) is 0 Å². The Labute approximate surface area is 130 Å². The average molecular weight is 341 g/mol. The van der Waals surface area contributed by atoms with Crippen molar-refractivity contribution in [2.45, 2.75) is 32.2 Å². The van der Waals surface area contributed by atoms with E-state index in [2.05, 4.69) is 45.2 Å². The number of methoxy groups -OCH3 is 1. The van der Waals surface area contributed by atoms with E-state index < -0.39 is 0 Å². The van der Waals surface area contributed by atoms with E-state index in [9.17, 15) is 0 Å². The second-order valence-electron chi connectivity index (χ2n) is 5.47. The van der Waals surface area contributed by atoms with Crippen molar-refractivity contribution in [1.29, 1.82) is 0 Å². The molecule has 0 radical (unpaired) electrons. The smallest absolute Gasteiger partial charge is 0.133 e. The first kappa shape index (κ1) is 15.8. The summed E-state index contributed by atoms with van der Waals surface area (Å²) in [6, 6.07) is 6.64. The highest BCUT2D eigenvalue weighted by atomic mass is 79.9. The van der Waals surface area contributed by atoms with Crippen LogP contribution in [0.5, 0.6) is 5.75 Å². The van der Waals surface area contributed by atoms with Crippen LogP contribution in [0.25, 0.3) is 0 Å². The quantitative estimate of drug-likeness (QED) is 0.856. The van der Waals surface area contributed by atoms with Crippen molar-refractivity contribution in [1.82, 2.24) is 10.2 Å². The van der Waals surface area contributed by atoms with Crippen LogP contribution in [0.1, 0.15) is 37.8 Å². The second kappa shape index (κ2) is 8.01. The molecule has 0 aromatic heterocycles. The zero-order chi connectivity index (χ0) is 14.4. The molecule has 1 unspecified atom stereocenters. The molecule has 20 heavy (non-hydrogen) atoms. The Balaban J connectivity index is 1.79. The molecule has 1 fully saturated rings. The van der Waals surface area contributed by atoms with Crippen LogP contribution in [-0.2, 0) is 0 Å². The van der Waals surface area contributed by atoms with Crippen molar-refractivity contribution < 1.29 is 4.74 Å². The Morgan fingerprint density at radius 1 is 1.30 bits per heavy atom. The van der Waals surface area contributed by atoms with Gasteiger partial charge in [-0.25, -0.2) is 0 Å². The van der Waals surface area contributed by atoms with E-state index in [-0.39, 0.29) is 0 Å². The summed E-state index contributed by atoms with van der Waals surface area (Å²) in [5.41, 5.74) is 1.29. The monoisotopic (exact) mass is 340 g/mol. The first-order valence-corrected chi connectivity index (χ1v) is 8.29. The third-order valence-corrected chi connectivity index (χ3v) is 4.62. The van der Waals surface area contributed by atoms with Gasteiger partial charge >= 0.3 is 0 Å². The van der Waals surface area contributed by atoms with Crippen LogP contribution in [0.3, 0.4) is 0 Å². The summed E-state index contributed by atoms with van der Waals surface area (Å²) < 4.78 is 6.28. The molecule has 112 valence electrons. The van der Waals surface area contributed by atoms with Crippen molar-refractivity contribution in [2.24, 2.45) is 0 Å². The lowest BCUT2D eigenvalue weighted by atomic mass is 10.1. The molecule has 1 aliphatic heterocycles. The summed E-state index contributed by atoms with van der Waals surface area (Å²) in [4.78, 5) is 2.56. The van der Waals surface area contributed by atoms with Crippen LogP contribution in [0.2, 0.25) is 0 Å². The fourth-order valence-electron chi connectivity index (χ4n) is 2.69. The number of hydrogen-bond acceptors (Lipinski definition) is 3. The Morgan fingerprint density at radius 3 is 2.70 bits per heavy atom. The molecule has 0 bridgehead atoms. The van der Waals surface area contributed by atoms with Crippen molar-refractivity contribution in [3.8, 4) is 5.75 Å². The summed E-state index contributed by atoms with van der Waals surface area (Å²) in [6.45, 7) is 6.95. The number of likely N-dealkylation sites (tertiary alicyclic amines) is 1. The fraction of sp³-hybridized carbons (Fsp3) is 0.625. The van der Waals surface area contributed by atoms with Gasteiger partial charge in [0.1, 0.15) is 5.75 Å². The van der Waals surface area contributed by atoms with Gasteiger partial charge in [-0.3, -0.25) is 0 Å². The molecule has 1 atom stereocenters. The van der Waals surface area contributed by atoms with Gasteiger partial charge in [0, 0.05) is 19.1 Å². The lowest BCUT2D eigenvalue weighted by Gasteiger charge is -2.27. The lowest BCUT2D eigenvalue weighted by molar-refractivity contribution is 0.227. The van der Waals surface area contributed by atoms with Gasteiger partial charge < -0.3 is 15.0 Å². The van der Waals surface area contributed by atoms with Gasteiger partial charge in [0.2, 0.25) is 0 Å². The van der Waals surface area contributed by atoms with Gasteiger partial charge in [-0.1, -0.05) is 12.5 Å². The number of rotatable bonds is 6. The number of ether oxygens (including phenoxy) is 1. The maximum Gasteiger partial charge on any atom is 0.133 e. The first-order chi connectivity index (χ1) is 9.70. The molecule has 1 aliphatic rings. The molecule has 1 aromatic carbocycles. The molecule has 1 N–H and O–H groups in total. The third kappa shape index (κ3) is 4.47. The van der Waals surface area contributed by atoms with Crippen LogP contribution >= 0.6 is 15.9 Å². The highest BCUT2D eigenvalue weighted by molar-refractivity contribution is 9.10. The van der Waals surface area contributed by atoms with Gasteiger partial charge in [0.15, 0.2) is 0 Å². The number of piperidine rings is 1. The van der Waals surface area contributed by atoms with Gasteiger partial charge in [-0.2, -0.15) is 0 Å². The Morgan fingerprint density at radius 2 is 2.05 bits per heavy atom. The maximum atomic E-state index is 5.27. The van der Waals surface area contributed by atoms with E-state index in [4.69, 9.17) is 4.74 Å². The van der Waals surface area contributed by atoms with E-state index in [1.165, 1.54) is 37.9 Å². The number of nitrogens with zero attached hydrogens (tertiary/aromatic N) is 1. The Kier molecular flexibility index (Phi) is 6.33. The van der Waals surface area contributed by atoms with Crippen molar-refractivity contribution >= 4 is 15.9 Å². The molecule has 0 spiro atoms. The molecule has 0 saturated carbocycles. The number of hydrogen-bond donors (Lipinski definition) is 1. The van der Waals surface area contributed by atoms with Crippen LogP contribution < -0.4 is 10.1 Å². The normalized spacial score (nSPS) is 17.9.